The van der Waals surface area contributed by atoms with Crippen LogP contribution in [0.2, 0.25) is 0 Å². The molecule has 0 fully saturated rings. The molecule has 0 bridgehead atoms. The third-order valence-corrected chi connectivity index (χ3v) is 7.47. The minimum atomic E-state index is -0.725. The van der Waals surface area contributed by atoms with Gasteiger partial charge in [0.05, 0.1) is 11.4 Å². The minimum absolute atomic E-state index is 0.725. The van der Waals surface area contributed by atoms with Gasteiger partial charge in [0, 0.05) is 28.2 Å². The molecule has 4 nitrogen and oxygen atoms in total. The van der Waals surface area contributed by atoms with Gasteiger partial charge in [-0.1, -0.05) is 54.6 Å². The minimum Gasteiger partial charge on any atom is -0.366 e. The van der Waals surface area contributed by atoms with Gasteiger partial charge in [-0.3, -0.25) is 0 Å². The fourth-order valence-electron chi connectivity index (χ4n) is 3.00. The normalized spacial score (nSPS) is 12.2. The molecule has 3 rings (SSSR count). The number of rotatable bonds is 5. The standard InChI is InChI=1S/C26H31N4P/c1-20(29(3)4)27-22-12-10-16-25(18-22)31(24-14-8-7-9-15-24)26-17-11-13-23(19-26)28-21(2)30(5)6/h7-19H,1-6H3/b27-20-,28-21-. The number of benzene rings is 3. The molecule has 3 aromatic carbocycles. The van der Waals surface area contributed by atoms with Gasteiger partial charge in [0.2, 0.25) is 0 Å². The van der Waals surface area contributed by atoms with E-state index < -0.39 is 7.92 Å². The van der Waals surface area contributed by atoms with Crippen LogP contribution in [0.4, 0.5) is 11.4 Å². The predicted octanol–water partition coefficient (Wildman–Crippen LogP) is 4.67. The monoisotopic (exact) mass is 430 g/mol. The van der Waals surface area contributed by atoms with Crippen LogP contribution < -0.4 is 15.9 Å². The molecule has 0 aliphatic heterocycles. The Hall–Kier alpha value is -2.97. The van der Waals surface area contributed by atoms with Crippen molar-refractivity contribution in [2.75, 3.05) is 28.2 Å². The Morgan fingerprint density at radius 1 is 0.581 bits per heavy atom. The third kappa shape index (κ3) is 6.02. The molecule has 0 spiro atoms. The molecule has 0 unspecified atom stereocenters. The van der Waals surface area contributed by atoms with Crippen LogP contribution in [-0.4, -0.2) is 49.7 Å². The average molecular weight is 431 g/mol. The summed E-state index contributed by atoms with van der Waals surface area (Å²) in [4.78, 5) is 13.6. The zero-order chi connectivity index (χ0) is 22.4. The lowest BCUT2D eigenvalue weighted by atomic mass is 10.3. The van der Waals surface area contributed by atoms with Crippen molar-refractivity contribution in [1.82, 2.24) is 9.80 Å². The summed E-state index contributed by atoms with van der Waals surface area (Å²) in [5.74, 6) is 1.97. The quantitative estimate of drug-likeness (QED) is 0.335. The van der Waals surface area contributed by atoms with Crippen LogP contribution in [-0.2, 0) is 0 Å². The summed E-state index contributed by atoms with van der Waals surface area (Å²) in [6.07, 6.45) is 0. The molecular formula is C26H31N4P. The fraction of sp³-hybridized carbons (Fsp3) is 0.231. The molecule has 31 heavy (non-hydrogen) atoms. The van der Waals surface area contributed by atoms with E-state index >= 15 is 0 Å². The van der Waals surface area contributed by atoms with Gasteiger partial charge in [-0.25, -0.2) is 9.98 Å². The summed E-state index contributed by atoms with van der Waals surface area (Å²) in [5.41, 5.74) is 1.95. The maximum atomic E-state index is 4.79. The highest BCUT2D eigenvalue weighted by molar-refractivity contribution is 7.79. The fourth-order valence-corrected chi connectivity index (χ4v) is 5.36. The number of amidine groups is 2. The highest BCUT2D eigenvalue weighted by Gasteiger charge is 2.17. The Labute approximate surface area is 187 Å². The van der Waals surface area contributed by atoms with Crippen molar-refractivity contribution in [2.45, 2.75) is 13.8 Å². The summed E-state index contributed by atoms with van der Waals surface area (Å²) in [7, 11) is 7.34. The Bertz CT molecular complexity index is 1000. The van der Waals surface area contributed by atoms with E-state index in [0.29, 0.717) is 0 Å². The van der Waals surface area contributed by atoms with Crippen LogP contribution in [0.3, 0.4) is 0 Å². The van der Waals surface area contributed by atoms with Crippen molar-refractivity contribution >= 4 is 46.9 Å². The second kappa shape index (κ2) is 10.4. The maximum Gasteiger partial charge on any atom is 0.101 e. The summed E-state index contributed by atoms with van der Waals surface area (Å²) in [6, 6.07) is 27.9. The molecule has 0 amide bonds. The molecular weight excluding hydrogens is 399 g/mol. The van der Waals surface area contributed by atoms with E-state index in [-0.39, 0.29) is 0 Å². The molecule has 5 heteroatoms. The van der Waals surface area contributed by atoms with E-state index in [4.69, 9.17) is 9.98 Å². The van der Waals surface area contributed by atoms with Crippen LogP contribution in [0.25, 0.3) is 0 Å². The van der Waals surface area contributed by atoms with Crippen molar-refractivity contribution in [3.8, 4) is 0 Å². The van der Waals surface area contributed by atoms with Crippen LogP contribution in [0.1, 0.15) is 13.8 Å². The second-order valence-corrected chi connectivity index (χ2v) is 10.0. The van der Waals surface area contributed by atoms with E-state index in [9.17, 15) is 0 Å². The third-order valence-electron chi connectivity index (χ3n) is 5.07. The largest absolute Gasteiger partial charge is 0.366 e. The lowest BCUT2D eigenvalue weighted by Crippen LogP contribution is -2.21. The van der Waals surface area contributed by atoms with E-state index in [1.165, 1.54) is 15.9 Å². The van der Waals surface area contributed by atoms with Crippen molar-refractivity contribution in [3.63, 3.8) is 0 Å². The lowest BCUT2D eigenvalue weighted by molar-refractivity contribution is 0.619. The first-order valence-electron chi connectivity index (χ1n) is 10.4. The molecule has 3 aromatic rings. The average Bonchev–Trinajstić information content (AvgIpc) is 2.75. The zero-order valence-corrected chi connectivity index (χ0v) is 20.1. The van der Waals surface area contributed by atoms with Crippen LogP contribution in [0, 0.1) is 0 Å². The Kier molecular flexibility index (Phi) is 7.59. The highest BCUT2D eigenvalue weighted by Crippen LogP contribution is 2.35. The molecule has 160 valence electrons. The molecule has 0 heterocycles. The molecule has 0 saturated carbocycles. The van der Waals surface area contributed by atoms with Crippen molar-refractivity contribution in [2.24, 2.45) is 9.98 Å². The van der Waals surface area contributed by atoms with E-state index in [2.05, 4.69) is 78.9 Å². The molecule has 0 radical (unpaired) electrons. The van der Waals surface area contributed by atoms with Gasteiger partial charge in [-0.2, -0.15) is 0 Å². The van der Waals surface area contributed by atoms with Gasteiger partial charge >= 0.3 is 0 Å². The molecule has 0 atom stereocenters. The predicted molar refractivity (Wildman–Crippen MR) is 138 cm³/mol. The Morgan fingerprint density at radius 2 is 1.00 bits per heavy atom. The highest BCUT2D eigenvalue weighted by atomic mass is 31.1. The van der Waals surface area contributed by atoms with Crippen LogP contribution >= 0.6 is 7.92 Å². The molecule has 0 N–H and O–H groups in total. The summed E-state index contributed by atoms with van der Waals surface area (Å²) < 4.78 is 0. The SMILES string of the molecule is C/C(=N/c1cccc(P(c2ccccc2)c2cccc(/N=C(/C)N(C)C)c2)c1)N(C)C. The van der Waals surface area contributed by atoms with Gasteiger partial charge in [0.15, 0.2) is 0 Å². The van der Waals surface area contributed by atoms with Gasteiger partial charge in [-0.05, 0) is 61.9 Å². The first-order valence-corrected chi connectivity index (χ1v) is 11.7. The van der Waals surface area contributed by atoms with E-state index in [1.54, 1.807) is 0 Å². The zero-order valence-electron chi connectivity index (χ0n) is 19.2. The first kappa shape index (κ1) is 22.7. The molecule has 0 aromatic heterocycles. The van der Waals surface area contributed by atoms with Gasteiger partial charge in [0.25, 0.3) is 0 Å². The number of nitrogens with zero attached hydrogens (tertiary/aromatic N) is 4. The van der Waals surface area contributed by atoms with Crippen molar-refractivity contribution in [1.29, 1.82) is 0 Å². The first-order chi connectivity index (χ1) is 14.8. The number of hydrogen-bond donors (Lipinski definition) is 0. The summed E-state index contributed by atoms with van der Waals surface area (Å²) >= 11 is 0. The van der Waals surface area contributed by atoms with Crippen LogP contribution in [0.5, 0.6) is 0 Å². The Balaban J connectivity index is 2.10. The van der Waals surface area contributed by atoms with Gasteiger partial charge < -0.3 is 9.80 Å². The number of aliphatic imine (C=N–C) groups is 2. The number of hydrogen-bond acceptors (Lipinski definition) is 2. The smallest absolute Gasteiger partial charge is 0.101 e. The molecule has 0 saturated heterocycles. The van der Waals surface area contributed by atoms with Gasteiger partial charge in [-0.15, -0.1) is 0 Å². The Morgan fingerprint density at radius 3 is 1.42 bits per heavy atom. The summed E-state index contributed by atoms with van der Waals surface area (Å²) in [5, 5.41) is 3.87. The maximum absolute atomic E-state index is 4.79. The van der Waals surface area contributed by atoms with E-state index in [1.807, 2.05) is 51.8 Å². The van der Waals surface area contributed by atoms with Crippen molar-refractivity contribution < 1.29 is 0 Å². The topological polar surface area (TPSA) is 31.2 Å². The molecule has 0 aliphatic carbocycles. The van der Waals surface area contributed by atoms with E-state index in [0.717, 1.165) is 23.0 Å². The van der Waals surface area contributed by atoms with Crippen molar-refractivity contribution in [3.05, 3.63) is 78.9 Å². The lowest BCUT2D eigenvalue weighted by Gasteiger charge is -2.20. The van der Waals surface area contributed by atoms with Gasteiger partial charge in [0.1, 0.15) is 11.7 Å². The van der Waals surface area contributed by atoms with Crippen LogP contribution in [0.15, 0.2) is 88.8 Å². The second-order valence-electron chi connectivity index (χ2n) is 7.82. The molecule has 0 aliphatic rings. The summed E-state index contributed by atoms with van der Waals surface area (Å²) in [6.45, 7) is 4.06.